The van der Waals surface area contributed by atoms with Crippen LogP contribution in [0, 0.1) is 11.3 Å². The highest BCUT2D eigenvalue weighted by Gasteiger charge is 2.70. The van der Waals surface area contributed by atoms with Gasteiger partial charge in [0.05, 0.1) is 18.1 Å². The van der Waals surface area contributed by atoms with Crippen LogP contribution in [0.4, 0.5) is 0 Å². The fourth-order valence-electron chi connectivity index (χ4n) is 2.87. The van der Waals surface area contributed by atoms with E-state index in [1.165, 1.54) is 13.2 Å². The lowest BCUT2D eigenvalue weighted by Crippen LogP contribution is -2.47. The minimum absolute atomic E-state index is 0.0783. The highest BCUT2D eigenvalue weighted by atomic mass is 16.5. The Morgan fingerprint density at radius 2 is 2.06 bits per heavy atom. The molecule has 0 bridgehead atoms. The lowest BCUT2D eigenvalue weighted by atomic mass is 9.79. The summed E-state index contributed by atoms with van der Waals surface area (Å²) in [5, 5.41) is 29.8. The summed E-state index contributed by atoms with van der Waals surface area (Å²) in [5.74, 6) is -0.532. The molecule has 0 unspecified atom stereocenters. The Bertz CT molecular complexity index is 381. The van der Waals surface area contributed by atoms with E-state index in [-0.39, 0.29) is 17.5 Å². The highest BCUT2D eigenvalue weighted by molar-refractivity contribution is 5.99. The maximum atomic E-state index is 12.0. The highest BCUT2D eigenvalue weighted by Crippen LogP contribution is 2.62. The summed E-state index contributed by atoms with van der Waals surface area (Å²) in [5.41, 5.74) is -2.09. The van der Waals surface area contributed by atoms with Crippen molar-refractivity contribution in [3.05, 3.63) is 11.8 Å². The molecule has 5 heteroatoms. The van der Waals surface area contributed by atoms with E-state index in [0.29, 0.717) is 6.42 Å². The van der Waals surface area contributed by atoms with Gasteiger partial charge >= 0.3 is 0 Å². The summed E-state index contributed by atoms with van der Waals surface area (Å²) < 4.78 is 4.85. The van der Waals surface area contributed by atoms with Crippen LogP contribution in [-0.4, -0.2) is 46.0 Å². The van der Waals surface area contributed by atoms with E-state index >= 15 is 0 Å². The fourth-order valence-corrected chi connectivity index (χ4v) is 2.87. The summed E-state index contributed by atoms with van der Waals surface area (Å²) in [6.45, 7) is 3.21. The Morgan fingerprint density at radius 3 is 2.47 bits per heavy atom. The molecular weight excluding hydrogens is 224 g/mol. The second kappa shape index (κ2) is 3.54. The minimum atomic E-state index is -1.22. The molecule has 3 N–H and O–H groups in total. The number of ether oxygens (including phenoxy) is 1. The third-order valence-corrected chi connectivity index (χ3v) is 3.94. The van der Waals surface area contributed by atoms with E-state index in [9.17, 15) is 20.1 Å². The molecule has 2 aliphatic carbocycles. The van der Waals surface area contributed by atoms with Crippen molar-refractivity contribution in [2.75, 3.05) is 7.11 Å². The van der Waals surface area contributed by atoms with E-state index in [0.717, 1.165) is 0 Å². The standard InChI is InChI=1S/C12H18O5/c1-11(2,16)7-5-12(7)8(13)4-6(17-3)9(14)10(12)15/h4,7,9-10,14-16H,5H2,1-3H3/t7-,9-,10-,12-/m0/s1. The molecule has 0 radical (unpaired) electrons. The zero-order valence-electron chi connectivity index (χ0n) is 10.2. The molecule has 1 spiro atoms. The Hall–Kier alpha value is -0.910. The first-order chi connectivity index (χ1) is 7.75. The van der Waals surface area contributed by atoms with E-state index in [4.69, 9.17) is 4.74 Å². The van der Waals surface area contributed by atoms with Crippen molar-refractivity contribution >= 4 is 5.78 Å². The van der Waals surface area contributed by atoms with Crippen molar-refractivity contribution in [2.45, 2.75) is 38.1 Å². The summed E-state index contributed by atoms with van der Waals surface area (Å²) >= 11 is 0. The van der Waals surface area contributed by atoms with Gasteiger partial charge in [-0.2, -0.15) is 0 Å². The predicted molar refractivity (Wildman–Crippen MR) is 59.0 cm³/mol. The molecule has 0 heterocycles. The minimum Gasteiger partial charge on any atom is -0.498 e. The lowest BCUT2D eigenvalue weighted by Gasteiger charge is -2.33. The van der Waals surface area contributed by atoms with Crippen LogP contribution in [0.2, 0.25) is 0 Å². The van der Waals surface area contributed by atoms with Gasteiger partial charge in [-0.15, -0.1) is 0 Å². The van der Waals surface area contributed by atoms with Crippen LogP contribution in [0.3, 0.4) is 0 Å². The molecule has 17 heavy (non-hydrogen) atoms. The van der Waals surface area contributed by atoms with Gasteiger partial charge in [-0.1, -0.05) is 0 Å². The molecule has 0 aromatic rings. The molecule has 0 saturated heterocycles. The molecule has 1 saturated carbocycles. The second-order valence-corrected chi connectivity index (χ2v) is 5.46. The molecule has 0 aromatic carbocycles. The number of carbonyl (C=O) groups is 1. The average molecular weight is 242 g/mol. The number of carbonyl (C=O) groups excluding carboxylic acids is 1. The number of hydrogen-bond acceptors (Lipinski definition) is 5. The first-order valence-electron chi connectivity index (χ1n) is 5.63. The van der Waals surface area contributed by atoms with E-state index in [1.807, 2.05) is 0 Å². The zero-order valence-corrected chi connectivity index (χ0v) is 10.2. The number of aliphatic hydroxyl groups is 3. The second-order valence-electron chi connectivity index (χ2n) is 5.46. The van der Waals surface area contributed by atoms with Gasteiger partial charge in [0.2, 0.25) is 0 Å². The maximum absolute atomic E-state index is 12.0. The molecule has 0 amide bonds. The maximum Gasteiger partial charge on any atom is 0.168 e. The lowest BCUT2D eigenvalue weighted by molar-refractivity contribution is -0.134. The predicted octanol–water partition coefficient (Wildman–Crippen LogP) is -0.402. The van der Waals surface area contributed by atoms with Crippen molar-refractivity contribution in [3.8, 4) is 0 Å². The quantitative estimate of drug-likeness (QED) is 0.613. The summed E-state index contributed by atoms with van der Waals surface area (Å²) in [6, 6.07) is 0. The molecule has 0 aromatic heterocycles. The van der Waals surface area contributed by atoms with Crippen LogP contribution in [0.25, 0.3) is 0 Å². The van der Waals surface area contributed by atoms with E-state index in [1.54, 1.807) is 13.8 Å². The Morgan fingerprint density at radius 1 is 1.47 bits per heavy atom. The molecule has 5 nitrogen and oxygen atoms in total. The van der Waals surface area contributed by atoms with Gasteiger partial charge in [-0.05, 0) is 20.3 Å². The third kappa shape index (κ3) is 1.61. The molecule has 96 valence electrons. The Balaban J connectivity index is 2.34. The van der Waals surface area contributed by atoms with Crippen LogP contribution >= 0.6 is 0 Å². The van der Waals surface area contributed by atoms with Gasteiger partial charge < -0.3 is 20.1 Å². The molecule has 2 aliphatic rings. The smallest absolute Gasteiger partial charge is 0.168 e. The fraction of sp³-hybridized carbons (Fsp3) is 0.750. The Kier molecular flexibility index (Phi) is 2.61. The first kappa shape index (κ1) is 12.5. The van der Waals surface area contributed by atoms with Crippen LogP contribution < -0.4 is 0 Å². The van der Waals surface area contributed by atoms with Crippen molar-refractivity contribution in [2.24, 2.45) is 11.3 Å². The van der Waals surface area contributed by atoms with Gasteiger partial charge in [0.15, 0.2) is 5.78 Å². The zero-order chi connectivity index (χ0) is 13.0. The van der Waals surface area contributed by atoms with E-state index in [2.05, 4.69) is 0 Å². The van der Waals surface area contributed by atoms with Crippen molar-refractivity contribution in [3.63, 3.8) is 0 Å². The third-order valence-electron chi connectivity index (χ3n) is 3.94. The summed E-state index contributed by atoms with van der Waals surface area (Å²) in [4.78, 5) is 12.0. The monoisotopic (exact) mass is 242 g/mol. The summed E-state index contributed by atoms with van der Waals surface area (Å²) in [7, 11) is 1.34. The molecule has 1 fully saturated rings. The molecule has 2 rings (SSSR count). The van der Waals surface area contributed by atoms with Crippen LogP contribution in [-0.2, 0) is 9.53 Å². The molecule has 4 atom stereocenters. The number of hydrogen-bond donors (Lipinski definition) is 3. The SMILES string of the molecule is COC1=CC(=O)[C@@]2(C[C@H]2C(C)(C)O)[C@@H](O)[C@H]1O. The van der Waals surface area contributed by atoms with Crippen molar-refractivity contribution < 1.29 is 24.9 Å². The van der Waals surface area contributed by atoms with Gasteiger partial charge in [-0.25, -0.2) is 0 Å². The first-order valence-corrected chi connectivity index (χ1v) is 5.63. The number of methoxy groups -OCH3 is 1. The van der Waals surface area contributed by atoms with Crippen molar-refractivity contribution in [1.82, 2.24) is 0 Å². The van der Waals surface area contributed by atoms with Crippen LogP contribution in [0.1, 0.15) is 20.3 Å². The summed E-state index contributed by atoms with van der Waals surface area (Å²) in [6.07, 6.45) is -0.805. The van der Waals surface area contributed by atoms with Crippen molar-refractivity contribution in [1.29, 1.82) is 0 Å². The molecular formula is C12H18O5. The van der Waals surface area contributed by atoms with Crippen LogP contribution in [0.5, 0.6) is 0 Å². The van der Waals surface area contributed by atoms with Gasteiger partial charge in [0, 0.05) is 12.0 Å². The topological polar surface area (TPSA) is 87.0 Å². The normalized spacial score (nSPS) is 41.4. The number of rotatable bonds is 2. The molecule has 0 aliphatic heterocycles. The van der Waals surface area contributed by atoms with Gasteiger partial charge in [0.1, 0.15) is 18.0 Å². The number of allylic oxidation sites excluding steroid dienone is 1. The number of aliphatic hydroxyl groups excluding tert-OH is 2. The largest absolute Gasteiger partial charge is 0.498 e. The van der Waals surface area contributed by atoms with Gasteiger partial charge in [0.25, 0.3) is 0 Å². The number of ketones is 1. The van der Waals surface area contributed by atoms with E-state index < -0.39 is 23.2 Å². The average Bonchev–Trinajstić information content (AvgIpc) is 2.97. The van der Waals surface area contributed by atoms with Crippen LogP contribution in [0.15, 0.2) is 11.8 Å². The Labute approximate surface area is 99.7 Å². The van der Waals surface area contributed by atoms with Gasteiger partial charge in [-0.3, -0.25) is 4.79 Å².